The molecule has 2 heterocycles. The summed E-state index contributed by atoms with van der Waals surface area (Å²) in [5.41, 5.74) is 1.37. The number of nitro benzene ring substituents is 1. The molecule has 0 fully saturated rings. The fourth-order valence-corrected chi connectivity index (χ4v) is 2.14. The maximum atomic E-state index is 10.6. The van der Waals surface area contributed by atoms with Crippen LogP contribution in [-0.4, -0.2) is 9.91 Å². The average molecular weight is 319 g/mol. The minimum atomic E-state index is -0.429. The second kappa shape index (κ2) is 4.47. The Bertz CT molecular complexity index is 765. The van der Waals surface area contributed by atoms with E-state index in [0.717, 1.165) is 15.4 Å². The van der Waals surface area contributed by atoms with Gasteiger partial charge in [0.25, 0.3) is 5.69 Å². The van der Waals surface area contributed by atoms with Crippen LogP contribution in [0.2, 0.25) is 0 Å². The van der Waals surface area contributed by atoms with Crippen molar-refractivity contribution >= 4 is 32.7 Å². The van der Waals surface area contributed by atoms with Crippen molar-refractivity contribution in [1.29, 1.82) is 0 Å². The molecule has 0 aliphatic rings. The number of furan rings is 1. The smallest absolute Gasteiger partial charge is 0.269 e. The van der Waals surface area contributed by atoms with Gasteiger partial charge in [-0.05, 0) is 40.2 Å². The predicted molar refractivity (Wildman–Crippen MR) is 73.8 cm³/mol. The number of benzene rings is 1. The molecule has 6 heteroatoms. The van der Waals surface area contributed by atoms with E-state index in [2.05, 4.69) is 20.9 Å². The summed E-state index contributed by atoms with van der Waals surface area (Å²) in [5.74, 6) is 0.635. The minimum Gasteiger partial charge on any atom is -0.438 e. The number of pyridine rings is 1. The molecule has 19 heavy (non-hydrogen) atoms. The van der Waals surface area contributed by atoms with Crippen LogP contribution in [0.1, 0.15) is 0 Å². The number of nitro groups is 1. The Morgan fingerprint density at radius 2 is 1.95 bits per heavy atom. The van der Waals surface area contributed by atoms with Gasteiger partial charge in [0.15, 0.2) is 0 Å². The van der Waals surface area contributed by atoms with E-state index in [9.17, 15) is 10.1 Å². The highest BCUT2D eigenvalue weighted by Gasteiger charge is 2.10. The topological polar surface area (TPSA) is 69.2 Å². The number of rotatable bonds is 2. The Morgan fingerprint density at radius 3 is 2.63 bits per heavy atom. The predicted octanol–water partition coefficient (Wildman–Crippen LogP) is 4.17. The first-order valence-corrected chi connectivity index (χ1v) is 6.23. The summed E-state index contributed by atoms with van der Waals surface area (Å²) >= 11 is 3.34. The fraction of sp³-hybridized carbons (Fsp3) is 0. The summed E-state index contributed by atoms with van der Waals surface area (Å²) in [6.07, 6.45) is 1.66. The van der Waals surface area contributed by atoms with Crippen LogP contribution in [0.25, 0.3) is 22.4 Å². The number of fused-ring (bicyclic) bond motifs is 1. The van der Waals surface area contributed by atoms with Crippen LogP contribution in [0.4, 0.5) is 5.69 Å². The van der Waals surface area contributed by atoms with Gasteiger partial charge in [-0.1, -0.05) is 0 Å². The molecule has 0 spiro atoms. The lowest BCUT2D eigenvalue weighted by Gasteiger charge is -1.95. The van der Waals surface area contributed by atoms with Crippen LogP contribution in [0, 0.1) is 10.1 Å². The molecule has 0 N–H and O–H groups in total. The van der Waals surface area contributed by atoms with E-state index in [1.807, 2.05) is 12.1 Å². The van der Waals surface area contributed by atoms with E-state index < -0.39 is 4.92 Å². The van der Waals surface area contributed by atoms with Gasteiger partial charge >= 0.3 is 0 Å². The molecule has 5 nitrogen and oxygen atoms in total. The Morgan fingerprint density at radius 1 is 1.21 bits per heavy atom. The molecule has 0 radical (unpaired) electrons. The zero-order chi connectivity index (χ0) is 13.4. The lowest BCUT2D eigenvalue weighted by molar-refractivity contribution is -0.384. The number of halogens is 1. The van der Waals surface area contributed by atoms with Crippen molar-refractivity contribution in [2.75, 3.05) is 0 Å². The van der Waals surface area contributed by atoms with Crippen molar-refractivity contribution in [2.24, 2.45) is 0 Å². The zero-order valence-corrected chi connectivity index (χ0v) is 11.1. The van der Waals surface area contributed by atoms with E-state index in [4.69, 9.17) is 4.42 Å². The van der Waals surface area contributed by atoms with Crippen LogP contribution >= 0.6 is 15.9 Å². The molecule has 0 bridgehead atoms. The molecule has 3 rings (SSSR count). The molecule has 2 aromatic heterocycles. The Labute approximate surface area is 116 Å². The van der Waals surface area contributed by atoms with Crippen molar-refractivity contribution < 1.29 is 9.34 Å². The van der Waals surface area contributed by atoms with Gasteiger partial charge < -0.3 is 4.42 Å². The standard InChI is InChI=1S/C13H7BrN2O3/c14-10-5-9-6-12(19-13(9)15-7-10)8-1-3-11(4-2-8)16(17)18/h1-7H. The Hall–Kier alpha value is -2.21. The van der Waals surface area contributed by atoms with Gasteiger partial charge in [-0.25, -0.2) is 4.98 Å². The molecule has 0 atom stereocenters. The van der Waals surface area contributed by atoms with Gasteiger partial charge in [-0.3, -0.25) is 10.1 Å². The molecular weight excluding hydrogens is 312 g/mol. The van der Waals surface area contributed by atoms with Gasteiger partial charge in [-0.15, -0.1) is 0 Å². The van der Waals surface area contributed by atoms with E-state index in [-0.39, 0.29) is 5.69 Å². The summed E-state index contributed by atoms with van der Waals surface area (Å²) in [7, 11) is 0. The second-order valence-electron chi connectivity index (χ2n) is 3.96. The van der Waals surface area contributed by atoms with E-state index in [0.29, 0.717) is 11.5 Å². The summed E-state index contributed by atoms with van der Waals surface area (Å²) in [4.78, 5) is 14.3. The molecule has 1 aromatic carbocycles. The van der Waals surface area contributed by atoms with Gasteiger partial charge in [0.1, 0.15) is 5.76 Å². The quantitative estimate of drug-likeness (QED) is 0.525. The summed E-state index contributed by atoms with van der Waals surface area (Å²) in [6, 6.07) is 9.97. The zero-order valence-electron chi connectivity index (χ0n) is 9.54. The number of non-ortho nitro benzene ring substituents is 1. The lowest BCUT2D eigenvalue weighted by Crippen LogP contribution is -1.86. The van der Waals surface area contributed by atoms with Gasteiger partial charge in [0.05, 0.1) is 4.92 Å². The van der Waals surface area contributed by atoms with Crippen LogP contribution in [0.3, 0.4) is 0 Å². The van der Waals surface area contributed by atoms with Crippen LogP contribution in [-0.2, 0) is 0 Å². The SMILES string of the molecule is O=[N+]([O-])c1ccc(-c2cc3cc(Br)cnc3o2)cc1. The lowest BCUT2D eigenvalue weighted by atomic mass is 10.1. The maximum Gasteiger partial charge on any atom is 0.269 e. The van der Waals surface area contributed by atoms with Gasteiger partial charge in [-0.2, -0.15) is 0 Å². The van der Waals surface area contributed by atoms with Crippen molar-refractivity contribution in [3.05, 3.63) is 57.2 Å². The normalized spacial score (nSPS) is 10.8. The highest BCUT2D eigenvalue weighted by Crippen LogP contribution is 2.29. The molecule has 0 aliphatic carbocycles. The van der Waals surface area contributed by atoms with E-state index >= 15 is 0 Å². The molecule has 0 unspecified atom stereocenters. The van der Waals surface area contributed by atoms with Crippen molar-refractivity contribution in [3.63, 3.8) is 0 Å². The number of hydrogen-bond donors (Lipinski definition) is 0. The highest BCUT2D eigenvalue weighted by molar-refractivity contribution is 9.10. The number of hydrogen-bond acceptors (Lipinski definition) is 4. The first-order chi connectivity index (χ1) is 9.13. The maximum absolute atomic E-state index is 10.6. The molecule has 0 saturated carbocycles. The summed E-state index contributed by atoms with van der Waals surface area (Å²) in [6.45, 7) is 0. The largest absolute Gasteiger partial charge is 0.438 e. The minimum absolute atomic E-state index is 0.0562. The van der Waals surface area contributed by atoms with Gasteiger partial charge in [0.2, 0.25) is 5.71 Å². The third kappa shape index (κ3) is 2.22. The second-order valence-corrected chi connectivity index (χ2v) is 4.88. The first-order valence-electron chi connectivity index (χ1n) is 5.43. The van der Waals surface area contributed by atoms with Crippen LogP contribution in [0.15, 0.2) is 51.5 Å². The Kier molecular flexibility index (Phi) is 2.79. The van der Waals surface area contributed by atoms with Crippen LogP contribution in [0.5, 0.6) is 0 Å². The van der Waals surface area contributed by atoms with Crippen LogP contribution < -0.4 is 0 Å². The van der Waals surface area contributed by atoms with Gasteiger partial charge in [0, 0.05) is 33.8 Å². The van der Waals surface area contributed by atoms with E-state index in [1.165, 1.54) is 12.1 Å². The van der Waals surface area contributed by atoms with Crippen molar-refractivity contribution in [1.82, 2.24) is 4.98 Å². The monoisotopic (exact) mass is 318 g/mol. The highest BCUT2D eigenvalue weighted by atomic mass is 79.9. The van der Waals surface area contributed by atoms with Crippen molar-refractivity contribution in [3.8, 4) is 11.3 Å². The molecule has 0 amide bonds. The molecule has 0 saturated heterocycles. The van der Waals surface area contributed by atoms with E-state index in [1.54, 1.807) is 18.3 Å². The molecule has 3 aromatic rings. The van der Waals surface area contributed by atoms with Crippen molar-refractivity contribution in [2.45, 2.75) is 0 Å². The summed E-state index contributed by atoms with van der Waals surface area (Å²) < 4.78 is 6.48. The molecule has 94 valence electrons. The molecule has 0 aliphatic heterocycles. The Balaban J connectivity index is 2.06. The number of aromatic nitrogens is 1. The molecular formula is C13H7BrN2O3. The average Bonchev–Trinajstić information content (AvgIpc) is 2.81. The number of nitrogens with zero attached hydrogens (tertiary/aromatic N) is 2. The first kappa shape index (κ1) is 11.9. The third-order valence-corrected chi connectivity index (χ3v) is 3.14. The third-order valence-electron chi connectivity index (χ3n) is 2.70. The fourth-order valence-electron chi connectivity index (χ4n) is 1.80. The summed E-state index contributed by atoms with van der Waals surface area (Å²) in [5, 5.41) is 11.5.